The second-order valence-corrected chi connectivity index (χ2v) is 4.23. The summed E-state index contributed by atoms with van der Waals surface area (Å²) >= 11 is 0. The van der Waals surface area contributed by atoms with Crippen molar-refractivity contribution in [3.05, 3.63) is 53.0 Å². The minimum atomic E-state index is -0.181. The second-order valence-electron chi connectivity index (χ2n) is 4.23. The number of aryl methyl sites for hydroxylation is 2. The number of amides is 1. The molecule has 0 bridgehead atoms. The van der Waals surface area contributed by atoms with Crippen LogP contribution >= 0.6 is 0 Å². The van der Waals surface area contributed by atoms with Crippen molar-refractivity contribution in [2.45, 2.75) is 20.4 Å². The SMILES string of the molecule is Cc1ccc(CNC(=O)c2c(C)cccc2N)o1. The van der Waals surface area contributed by atoms with Crippen molar-refractivity contribution in [1.82, 2.24) is 5.32 Å². The molecule has 0 radical (unpaired) electrons. The standard InChI is InChI=1S/C14H16N2O2/c1-9-4-3-5-12(15)13(9)14(17)16-8-11-7-6-10(2)18-11/h3-7H,8,15H2,1-2H3,(H,16,17). The lowest BCUT2D eigenvalue weighted by molar-refractivity contribution is 0.0948. The Bertz CT molecular complexity index is 553. The summed E-state index contributed by atoms with van der Waals surface area (Å²) in [4.78, 5) is 12.0. The van der Waals surface area contributed by atoms with Crippen molar-refractivity contribution in [3.8, 4) is 0 Å². The van der Waals surface area contributed by atoms with Crippen LogP contribution in [0.4, 0.5) is 5.69 Å². The number of carbonyl (C=O) groups excluding carboxylic acids is 1. The molecule has 4 heteroatoms. The van der Waals surface area contributed by atoms with Crippen LogP contribution in [0.15, 0.2) is 34.7 Å². The molecule has 1 aromatic heterocycles. The minimum Gasteiger partial charge on any atom is -0.465 e. The normalized spacial score (nSPS) is 10.3. The number of benzene rings is 1. The first-order valence-electron chi connectivity index (χ1n) is 5.76. The van der Waals surface area contributed by atoms with Crippen LogP contribution in [0.25, 0.3) is 0 Å². The topological polar surface area (TPSA) is 68.3 Å². The molecule has 0 aliphatic rings. The molecule has 3 N–H and O–H groups in total. The molecule has 0 saturated carbocycles. The molecule has 2 rings (SSSR count). The Kier molecular flexibility index (Phi) is 3.37. The predicted molar refractivity (Wildman–Crippen MR) is 70.2 cm³/mol. The van der Waals surface area contributed by atoms with Crippen LogP contribution in [0, 0.1) is 13.8 Å². The molecule has 0 atom stereocenters. The Morgan fingerprint density at radius 2 is 2.06 bits per heavy atom. The molecule has 2 aromatic rings. The zero-order valence-electron chi connectivity index (χ0n) is 10.5. The van der Waals surface area contributed by atoms with E-state index in [1.54, 1.807) is 6.07 Å². The summed E-state index contributed by atoms with van der Waals surface area (Å²) in [6, 6.07) is 9.12. The van der Waals surface area contributed by atoms with E-state index in [0.717, 1.165) is 17.1 Å². The van der Waals surface area contributed by atoms with E-state index in [0.29, 0.717) is 17.8 Å². The number of hydrogen-bond acceptors (Lipinski definition) is 3. The lowest BCUT2D eigenvalue weighted by atomic mass is 10.1. The molecule has 0 aliphatic heterocycles. The summed E-state index contributed by atoms with van der Waals surface area (Å²) in [6.45, 7) is 4.09. The van der Waals surface area contributed by atoms with Gasteiger partial charge in [0.2, 0.25) is 0 Å². The zero-order chi connectivity index (χ0) is 13.1. The summed E-state index contributed by atoms with van der Waals surface area (Å²) in [6.07, 6.45) is 0. The quantitative estimate of drug-likeness (QED) is 0.815. The zero-order valence-corrected chi connectivity index (χ0v) is 10.5. The number of carbonyl (C=O) groups is 1. The highest BCUT2D eigenvalue weighted by Gasteiger charge is 2.12. The highest BCUT2D eigenvalue weighted by Crippen LogP contribution is 2.16. The van der Waals surface area contributed by atoms with E-state index in [9.17, 15) is 4.79 Å². The van der Waals surface area contributed by atoms with Gasteiger partial charge in [0, 0.05) is 5.69 Å². The van der Waals surface area contributed by atoms with Crippen LogP contribution in [-0.4, -0.2) is 5.91 Å². The summed E-state index contributed by atoms with van der Waals surface area (Å²) in [7, 11) is 0. The summed E-state index contributed by atoms with van der Waals surface area (Å²) < 4.78 is 5.38. The molecule has 1 amide bonds. The number of nitrogens with two attached hydrogens (primary N) is 1. The van der Waals surface area contributed by atoms with Crippen LogP contribution < -0.4 is 11.1 Å². The molecular weight excluding hydrogens is 228 g/mol. The van der Waals surface area contributed by atoms with Gasteiger partial charge < -0.3 is 15.5 Å². The van der Waals surface area contributed by atoms with E-state index in [4.69, 9.17) is 10.2 Å². The number of rotatable bonds is 3. The molecule has 0 spiro atoms. The third-order valence-electron chi connectivity index (χ3n) is 2.75. The Morgan fingerprint density at radius 1 is 1.28 bits per heavy atom. The molecule has 18 heavy (non-hydrogen) atoms. The lowest BCUT2D eigenvalue weighted by Gasteiger charge is -2.09. The Balaban J connectivity index is 2.08. The molecule has 1 aromatic carbocycles. The Morgan fingerprint density at radius 3 is 2.67 bits per heavy atom. The average Bonchev–Trinajstić information content (AvgIpc) is 2.72. The van der Waals surface area contributed by atoms with Gasteiger partial charge in [-0.1, -0.05) is 12.1 Å². The third kappa shape index (κ3) is 2.53. The minimum absolute atomic E-state index is 0.181. The maximum absolute atomic E-state index is 12.0. The number of nitrogens with one attached hydrogen (secondary N) is 1. The lowest BCUT2D eigenvalue weighted by Crippen LogP contribution is -2.24. The first-order chi connectivity index (χ1) is 8.58. The fourth-order valence-electron chi connectivity index (χ4n) is 1.84. The van der Waals surface area contributed by atoms with Gasteiger partial charge in [0.25, 0.3) is 5.91 Å². The molecule has 0 unspecified atom stereocenters. The van der Waals surface area contributed by atoms with Gasteiger partial charge in [-0.25, -0.2) is 0 Å². The summed E-state index contributed by atoms with van der Waals surface area (Å²) in [5.41, 5.74) is 7.69. The number of furan rings is 1. The molecule has 94 valence electrons. The van der Waals surface area contributed by atoms with Crippen LogP contribution in [0.5, 0.6) is 0 Å². The number of nitrogen functional groups attached to an aromatic ring is 1. The van der Waals surface area contributed by atoms with Gasteiger partial charge in [0.05, 0.1) is 12.1 Å². The molecule has 1 heterocycles. The van der Waals surface area contributed by atoms with E-state index >= 15 is 0 Å². The summed E-state index contributed by atoms with van der Waals surface area (Å²) in [5, 5.41) is 2.80. The van der Waals surface area contributed by atoms with Gasteiger partial charge >= 0.3 is 0 Å². The molecule has 0 saturated heterocycles. The highest BCUT2D eigenvalue weighted by molar-refractivity contribution is 6.00. The van der Waals surface area contributed by atoms with Crippen LogP contribution in [0.2, 0.25) is 0 Å². The Hall–Kier alpha value is -2.23. The number of hydrogen-bond donors (Lipinski definition) is 2. The molecule has 0 aliphatic carbocycles. The fourth-order valence-corrected chi connectivity index (χ4v) is 1.84. The fraction of sp³-hybridized carbons (Fsp3) is 0.214. The van der Waals surface area contributed by atoms with E-state index in [-0.39, 0.29) is 5.91 Å². The monoisotopic (exact) mass is 244 g/mol. The van der Waals surface area contributed by atoms with Crippen molar-refractivity contribution < 1.29 is 9.21 Å². The van der Waals surface area contributed by atoms with Crippen molar-refractivity contribution in [3.63, 3.8) is 0 Å². The van der Waals surface area contributed by atoms with Gasteiger partial charge in [0.15, 0.2) is 0 Å². The van der Waals surface area contributed by atoms with Crippen molar-refractivity contribution in [2.75, 3.05) is 5.73 Å². The third-order valence-corrected chi connectivity index (χ3v) is 2.75. The maximum atomic E-state index is 12.0. The first-order valence-corrected chi connectivity index (χ1v) is 5.76. The largest absolute Gasteiger partial charge is 0.465 e. The van der Waals surface area contributed by atoms with Gasteiger partial charge in [-0.3, -0.25) is 4.79 Å². The van der Waals surface area contributed by atoms with Gasteiger partial charge in [0.1, 0.15) is 11.5 Å². The smallest absolute Gasteiger partial charge is 0.254 e. The van der Waals surface area contributed by atoms with E-state index in [1.165, 1.54) is 0 Å². The Labute approximate surface area is 106 Å². The van der Waals surface area contributed by atoms with E-state index in [2.05, 4.69) is 5.32 Å². The van der Waals surface area contributed by atoms with Gasteiger partial charge in [-0.05, 0) is 37.6 Å². The molecule has 4 nitrogen and oxygen atoms in total. The van der Waals surface area contributed by atoms with E-state index < -0.39 is 0 Å². The van der Waals surface area contributed by atoms with Gasteiger partial charge in [-0.15, -0.1) is 0 Å². The van der Waals surface area contributed by atoms with Crippen LogP contribution in [0.1, 0.15) is 27.4 Å². The number of anilines is 1. The average molecular weight is 244 g/mol. The van der Waals surface area contributed by atoms with Crippen molar-refractivity contribution in [1.29, 1.82) is 0 Å². The first kappa shape index (κ1) is 12.2. The predicted octanol–water partition coefficient (Wildman–Crippen LogP) is 2.41. The summed E-state index contributed by atoms with van der Waals surface area (Å²) in [5.74, 6) is 1.38. The highest BCUT2D eigenvalue weighted by atomic mass is 16.3. The van der Waals surface area contributed by atoms with Crippen molar-refractivity contribution in [2.24, 2.45) is 0 Å². The van der Waals surface area contributed by atoms with Crippen LogP contribution in [-0.2, 0) is 6.54 Å². The van der Waals surface area contributed by atoms with E-state index in [1.807, 2.05) is 38.1 Å². The van der Waals surface area contributed by atoms with Crippen molar-refractivity contribution >= 4 is 11.6 Å². The molecule has 0 fully saturated rings. The molecular formula is C14H16N2O2. The van der Waals surface area contributed by atoms with Gasteiger partial charge in [-0.2, -0.15) is 0 Å². The second kappa shape index (κ2) is 4.96. The maximum Gasteiger partial charge on any atom is 0.254 e. The van der Waals surface area contributed by atoms with Crippen LogP contribution in [0.3, 0.4) is 0 Å².